The van der Waals surface area contributed by atoms with Crippen LogP contribution < -0.4 is 22.9 Å². The van der Waals surface area contributed by atoms with Crippen molar-refractivity contribution < 1.29 is 19.1 Å². The first kappa shape index (κ1) is 30.7. The van der Waals surface area contributed by atoms with E-state index in [-0.39, 0.29) is 35.8 Å². The predicted molar refractivity (Wildman–Crippen MR) is 159 cm³/mol. The molecule has 3 aromatic carbocycles. The molecule has 8 nitrogen and oxygen atoms in total. The Morgan fingerprint density at radius 2 is 1.02 bits per heavy atom. The second kappa shape index (κ2) is 14.0. The third-order valence-corrected chi connectivity index (χ3v) is 6.64. The first-order valence-corrected chi connectivity index (χ1v) is 13.3. The number of esters is 2. The van der Waals surface area contributed by atoms with Crippen molar-refractivity contribution in [2.24, 2.45) is 22.9 Å². The minimum absolute atomic E-state index is 0.0624. The fraction of sp³-hybridized carbons (Fsp3) is 0.200. The van der Waals surface area contributed by atoms with Gasteiger partial charge in [-0.3, -0.25) is 0 Å². The van der Waals surface area contributed by atoms with Crippen LogP contribution in [0.3, 0.4) is 0 Å². The van der Waals surface area contributed by atoms with Gasteiger partial charge >= 0.3 is 11.9 Å². The smallest absolute Gasteiger partial charge is 0.338 e. The van der Waals surface area contributed by atoms with Crippen LogP contribution in [0, 0.1) is 0 Å². The van der Waals surface area contributed by atoms with E-state index < -0.39 is 24.0 Å². The van der Waals surface area contributed by atoms with Gasteiger partial charge < -0.3 is 32.4 Å². The van der Waals surface area contributed by atoms with Crippen molar-refractivity contribution in [3.8, 4) is 0 Å². The average Bonchev–Trinajstić information content (AvgIpc) is 2.94. The molecule has 0 radical (unpaired) electrons. The second-order valence-electron chi connectivity index (χ2n) is 8.73. The quantitative estimate of drug-likeness (QED) is 0.195. The summed E-state index contributed by atoms with van der Waals surface area (Å²) < 4.78 is 10.5. The van der Waals surface area contributed by atoms with E-state index in [2.05, 4.69) is 0 Å². The molecule has 3 aromatic rings. The molecule has 210 valence electrons. The summed E-state index contributed by atoms with van der Waals surface area (Å²) in [5, 5.41) is 1.05. The number of nitrogens with two attached hydrogens (primary N) is 4. The molecule has 0 saturated carbocycles. The highest BCUT2D eigenvalue weighted by atomic mass is 35.5. The fourth-order valence-electron chi connectivity index (χ4n) is 4.07. The Labute approximate surface area is 243 Å². The molecule has 0 aromatic heterocycles. The molecule has 0 aliphatic heterocycles. The molecule has 0 fully saturated rings. The van der Waals surface area contributed by atoms with Crippen LogP contribution in [0.4, 0.5) is 0 Å². The molecule has 2 atom stereocenters. The third kappa shape index (κ3) is 7.22. The summed E-state index contributed by atoms with van der Waals surface area (Å²) >= 11 is 12.0. The van der Waals surface area contributed by atoms with Crippen LogP contribution in [0.25, 0.3) is 11.4 Å². The van der Waals surface area contributed by atoms with E-state index in [0.717, 1.165) is 0 Å². The van der Waals surface area contributed by atoms with E-state index in [9.17, 15) is 9.59 Å². The van der Waals surface area contributed by atoms with E-state index in [1.807, 2.05) is 0 Å². The second-order valence-corrected chi connectivity index (χ2v) is 9.61. The lowest BCUT2D eigenvalue weighted by molar-refractivity contribution is -0.139. The standard InChI is InChI=1S/C30H32Cl2N4O4/c1-3-39-29(37)23(25(33)17-8-12-21(31)13-9-17)27(35)19-6-5-7-20(16-19)28(36)24(30(38)40-4-2)26(34)18-10-14-22(32)15-11-18/h5-16,25-26H,3-4,33-36H2,1-2H3/b27-23+,28-24+. The molecule has 0 spiro atoms. The van der Waals surface area contributed by atoms with Crippen LogP contribution >= 0.6 is 23.2 Å². The van der Waals surface area contributed by atoms with Crippen molar-refractivity contribution in [3.63, 3.8) is 0 Å². The van der Waals surface area contributed by atoms with Gasteiger partial charge in [0.25, 0.3) is 0 Å². The summed E-state index contributed by atoms with van der Waals surface area (Å²) in [7, 11) is 0. The van der Waals surface area contributed by atoms with Crippen molar-refractivity contribution in [2.45, 2.75) is 25.9 Å². The average molecular weight is 584 g/mol. The van der Waals surface area contributed by atoms with Crippen LogP contribution in [0.2, 0.25) is 10.0 Å². The zero-order valence-electron chi connectivity index (χ0n) is 22.2. The molecule has 0 bridgehead atoms. The summed E-state index contributed by atoms with van der Waals surface area (Å²) in [4.78, 5) is 26.0. The van der Waals surface area contributed by atoms with E-state index >= 15 is 0 Å². The highest BCUT2D eigenvalue weighted by Gasteiger charge is 2.27. The number of rotatable bonds is 10. The third-order valence-electron chi connectivity index (χ3n) is 6.14. The minimum atomic E-state index is -0.902. The Balaban J connectivity index is 2.15. The lowest BCUT2D eigenvalue weighted by Gasteiger charge is -2.20. The largest absolute Gasteiger partial charge is 0.463 e. The van der Waals surface area contributed by atoms with E-state index in [0.29, 0.717) is 32.3 Å². The number of benzene rings is 3. The van der Waals surface area contributed by atoms with Crippen molar-refractivity contribution >= 4 is 46.5 Å². The van der Waals surface area contributed by atoms with E-state index in [1.54, 1.807) is 86.6 Å². The zero-order valence-corrected chi connectivity index (χ0v) is 23.7. The summed E-state index contributed by atoms with van der Waals surface area (Å²) in [5.41, 5.74) is 28.5. The number of ether oxygens (including phenoxy) is 2. The molecule has 2 unspecified atom stereocenters. The van der Waals surface area contributed by atoms with Crippen molar-refractivity contribution in [1.82, 2.24) is 0 Å². The van der Waals surface area contributed by atoms with Gasteiger partial charge in [0, 0.05) is 10.0 Å². The summed E-state index contributed by atoms with van der Waals surface area (Å²) in [5.74, 6) is -1.32. The molecule has 8 N–H and O–H groups in total. The molecular weight excluding hydrogens is 551 g/mol. The van der Waals surface area contributed by atoms with Crippen LogP contribution in [0.5, 0.6) is 0 Å². The van der Waals surface area contributed by atoms with Crippen molar-refractivity contribution in [3.05, 3.63) is 116 Å². The Hall–Kier alpha value is -3.82. The summed E-state index contributed by atoms with van der Waals surface area (Å²) in [6.07, 6.45) is 0. The Bertz CT molecular complexity index is 1320. The van der Waals surface area contributed by atoms with Crippen LogP contribution in [-0.4, -0.2) is 25.2 Å². The fourth-order valence-corrected chi connectivity index (χ4v) is 4.32. The van der Waals surface area contributed by atoms with Gasteiger partial charge in [-0.25, -0.2) is 9.59 Å². The van der Waals surface area contributed by atoms with Gasteiger partial charge in [0.05, 0.1) is 47.8 Å². The SMILES string of the molecule is CCOC(=O)/C(=C(/N)c1cccc(/C(N)=C(\C(=O)OCC)C(N)c2ccc(Cl)cc2)c1)C(N)c1ccc(Cl)cc1. The molecule has 3 rings (SSSR count). The maximum atomic E-state index is 13.0. The Morgan fingerprint density at radius 3 is 1.35 bits per heavy atom. The number of halogens is 2. The first-order valence-electron chi connectivity index (χ1n) is 12.5. The van der Waals surface area contributed by atoms with Crippen LogP contribution in [0.15, 0.2) is 83.9 Å². The number of carbonyl (C=O) groups is 2. The molecule has 40 heavy (non-hydrogen) atoms. The van der Waals surface area contributed by atoms with E-state index in [4.69, 9.17) is 55.6 Å². The Kier molecular flexibility index (Phi) is 10.8. The van der Waals surface area contributed by atoms with Gasteiger partial charge in [-0.2, -0.15) is 0 Å². The molecule has 10 heteroatoms. The lowest BCUT2D eigenvalue weighted by atomic mass is 9.92. The first-order chi connectivity index (χ1) is 19.1. The molecule has 0 saturated heterocycles. The summed E-state index contributed by atoms with van der Waals surface area (Å²) in [6, 6.07) is 18.4. The summed E-state index contributed by atoms with van der Waals surface area (Å²) in [6.45, 7) is 3.63. The normalized spacial score (nSPS) is 13.9. The van der Waals surface area contributed by atoms with Gasteiger partial charge in [0.1, 0.15) is 0 Å². The maximum Gasteiger partial charge on any atom is 0.338 e. The topological polar surface area (TPSA) is 157 Å². The van der Waals surface area contributed by atoms with Crippen LogP contribution in [0.1, 0.15) is 48.2 Å². The number of carbonyl (C=O) groups excluding carboxylic acids is 2. The molecule has 0 amide bonds. The van der Waals surface area contributed by atoms with Gasteiger partial charge in [0.15, 0.2) is 0 Å². The monoisotopic (exact) mass is 582 g/mol. The van der Waals surface area contributed by atoms with Crippen LogP contribution in [-0.2, 0) is 19.1 Å². The van der Waals surface area contributed by atoms with Gasteiger partial charge in [-0.1, -0.05) is 65.7 Å². The van der Waals surface area contributed by atoms with Crippen molar-refractivity contribution in [1.29, 1.82) is 0 Å². The molecular formula is C30H32Cl2N4O4. The van der Waals surface area contributed by atoms with E-state index in [1.165, 1.54) is 0 Å². The van der Waals surface area contributed by atoms with Gasteiger partial charge in [-0.05, 0) is 66.4 Å². The number of hydrogen-bond donors (Lipinski definition) is 4. The molecule has 0 heterocycles. The maximum absolute atomic E-state index is 13.0. The van der Waals surface area contributed by atoms with Crippen molar-refractivity contribution in [2.75, 3.05) is 13.2 Å². The number of hydrogen-bond acceptors (Lipinski definition) is 8. The molecule has 0 aliphatic rings. The Morgan fingerprint density at radius 1 is 0.675 bits per heavy atom. The van der Waals surface area contributed by atoms with Gasteiger partial charge in [-0.15, -0.1) is 0 Å². The molecule has 0 aliphatic carbocycles. The predicted octanol–water partition coefficient (Wildman–Crippen LogP) is 4.86. The minimum Gasteiger partial charge on any atom is -0.463 e. The lowest BCUT2D eigenvalue weighted by Crippen LogP contribution is -2.25. The highest BCUT2D eigenvalue weighted by Crippen LogP contribution is 2.30. The zero-order chi connectivity index (χ0) is 29.4. The highest BCUT2D eigenvalue weighted by molar-refractivity contribution is 6.30. The van der Waals surface area contributed by atoms with Gasteiger partial charge in [0.2, 0.25) is 0 Å².